The van der Waals surface area contributed by atoms with Gasteiger partial charge in [0.05, 0.1) is 23.5 Å². The van der Waals surface area contributed by atoms with Crippen LogP contribution in [0.3, 0.4) is 0 Å². The fourth-order valence-electron chi connectivity index (χ4n) is 4.42. The third kappa shape index (κ3) is 4.07. The van der Waals surface area contributed by atoms with E-state index in [1.165, 1.54) is 0 Å². The molecule has 1 unspecified atom stereocenters. The van der Waals surface area contributed by atoms with Crippen molar-refractivity contribution in [2.24, 2.45) is 16.2 Å². The lowest BCUT2D eigenvalue weighted by Crippen LogP contribution is -2.09. The smallest absolute Gasteiger partial charge is 0.252 e. The third-order valence-corrected chi connectivity index (χ3v) is 7.17. The minimum Gasteiger partial charge on any atom is -0.345 e. The molecule has 0 aliphatic heterocycles. The van der Waals surface area contributed by atoms with Crippen LogP contribution in [0.15, 0.2) is 22.9 Å². The summed E-state index contributed by atoms with van der Waals surface area (Å²) in [7, 11) is -3.49. The lowest BCUT2D eigenvalue weighted by Gasteiger charge is -2.16. The molecule has 0 saturated heterocycles. The van der Waals surface area contributed by atoms with Gasteiger partial charge in [0.1, 0.15) is 5.82 Å². The number of sulfonamides is 1. The predicted molar refractivity (Wildman–Crippen MR) is 114 cm³/mol. The maximum Gasteiger partial charge on any atom is 0.252 e. The van der Waals surface area contributed by atoms with E-state index in [1.54, 1.807) is 12.4 Å². The zero-order valence-corrected chi connectivity index (χ0v) is 17.7. The molecule has 3 aromatic heterocycles. The lowest BCUT2D eigenvalue weighted by atomic mass is 9.93. The van der Waals surface area contributed by atoms with E-state index in [0.29, 0.717) is 30.8 Å². The third-order valence-electron chi connectivity index (χ3n) is 5.93. The summed E-state index contributed by atoms with van der Waals surface area (Å²) in [5, 5.41) is 17.3. The minimum absolute atomic E-state index is 0.00811. The molecular formula is C20H25N7O2S. The zero-order chi connectivity index (χ0) is 21.1. The van der Waals surface area contributed by atoms with Gasteiger partial charge in [-0.2, -0.15) is 9.66 Å². The van der Waals surface area contributed by atoms with Crippen molar-refractivity contribution >= 4 is 33.0 Å². The molecule has 1 aliphatic rings. The number of unbranched alkanes of at least 4 members (excludes halogenated alkanes) is 2. The first-order valence-electron chi connectivity index (χ1n) is 10.3. The summed E-state index contributed by atoms with van der Waals surface area (Å²) in [6.07, 6.45) is 9.24. The van der Waals surface area contributed by atoms with Crippen LogP contribution in [0.5, 0.6) is 0 Å². The Morgan fingerprint density at radius 1 is 1.37 bits per heavy atom. The van der Waals surface area contributed by atoms with Gasteiger partial charge >= 0.3 is 0 Å². The highest BCUT2D eigenvalue weighted by atomic mass is 32.2. The first kappa shape index (κ1) is 20.5. The van der Waals surface area contributed by atoms with Gasteiger partial charge in [0, 0.05) is 24.8 Å². The van der Waals surface area contributed by atoms with Gasteiger partial charge in [-0.05, 0) is 43.6 Å². The maximum absolute atomic E-state index is 12.2. The molecule has 1 saturated carbocycles. The normalized spacial score (nSPS) is 22.3. The van der Waals surface area contributed by atoms with E-state index in [2.05, 4.69) is 35.9 Å². The number of rotatable bonds is 8. The Labute approximate surface area is 175 Å². The van der Waals surface area contributed by atoms with Crippen molar-refractivity contribution in [2.45, 2.75) is 51.4 Å². The number of nitrogens with one attached hydrogen (secondary N) is 1. The fraction of sp³-hybridized carbons (Fsp3) is 0.550. The van der Waals surface area contributed by atoms with Gasteiger partial charge in [-0.15, -0.1) is 10.2 Å². The van der Waals surface area contributed by atoms with Crippen molar-refractivity contribution < 1.29 is 8.42 Å². The second-order valence-corrected chi connectivity index (χ2v) is 9.67. The quantitative estimate of drug-likeness (QED) is 0.434. The van der Waals surface area contributed by atoms with Crippen molar-refractivity contribution in [3.63, 3.8) is 0 Å². The largest absolute Gasteiger partial charge is 0.345 e. The summed E-state index contributed by atoms with van der Waals surface area (Å²) in [6.45, 7) is 2.15. The Balaban J connectivity index is 1.53. The highest BCUT2D eigenvalue weighted by molar-refractivity contribution is 7.90. The van der Waals surface area contributed by atoms with Crippen LogP contribution in [0.4, 0.5) is 0 Å². The average Bonchev–Trinajstić information content (AvgIpc) is 3.46. The second-order valence-electron chi connectivity index (χ2n) is 7.88. The topological polar surface area (TPSA) is 129 Å². The van der Waals surface area contributed by atoms with Gasteiger partial charge in [-0.25, -0.2) is 13.4 Å². The van der Waals surface area contributed by atoms with E-state index in [0.717, 1.165) is 36.3 Å². The van der Waals surface area contributed by atoms with Crippen molar-refractivity contribution in [3.8, 4) is 6.07 Å². The van der Waals surface area contributed by atoms with E-state index in [9.17, 15) is 8.42 Å². The predicted octanol–water partition coefficient (Wildman–Crippen LogP) is 3.22. The number of aromatic amines is 1. The molecule has 1 N–H and O–H groups in total. The standard InChI is InChI=1S/C20H25N7O2S/c1-2-15-10-14(12-24-30(28,29)9-5-3-4-7-21)11-16(15)20-26-25-18-13-23-19-17(27(18)20)6-8-22-19/h6,8,12-16,22H,2-5,9-11H2,1H3/t14?,15-,16+/m1/s1. The molecule has 9 nitrogen and oxygen atoms in total. The van der Waals surface area contributed by atoms with Crippen LogP contribution in [-0.4, -0.2) is 45.0 Å². The van der Waals surface area contributed by atoms with Crippen LogP contribution < -0.4 is 0 Å². The van der Waals surface area contributed by atoms with Crippen molar-refractivity contribution in [3.05, 3.63) is 24.3 Å². The van der Waals surface area contributed by atoms with Crippen LogP contribution in [0.2, 0.25) is 0 Å². The Hall–Kier alpha value is -2.80. The molecule has 4 rings (SSSR count). The van der Waals surface area contributed by atoms with Gasteiger partial charge in [0.15, 0.2) is 11.3 Å². The summed E-state index contributed by atoms with van der Waals surface area (Å²) in [5.41, 5.74) is 2.44. The number of fused-ring (bicyclic) bond motifs is 3. The SMILES string of the molecule is CC[C@@H]1CC(C=NS(=O)(=O)CCCCC#N)C[C@@H]1c1nnc2cnc3[nH]ccc3n12. The summed E-state index contributed by atoms with van der Waals surface area (Å²) < 4.78 is 30.4. The first-order valence-corrected chi connectivity index (χ1v) is 12.0. The molecule has 3 aromatic rings. The molecule has 158 valence electrons. The van der Waals surface area contributed by atoms with Gasteiger partial charge in [0.25, 0.3) is 10.0 Å². The molecule has 1 aliphatic carbocycles. The van der Waals surface area contributed by atoms with Crippen LogP contribution in [0.1, 0.15) is 57.2 Å². The molecular weight excluding hydrogens is 402 g/mol. The Morgan fingerprint density at radius 3 is 3.03 bits per heavy atom. The van der Waals surface area contributed by atoms with Crippen LogP contribution in [-0.2, 0) is 10.0 Å². The minimum atomic E-state index is -3.49. The summed E-state index contributed by atoms with van der Waals surface area (Å²) in [6, 6.07) is 4.00. The summed E-state index contributed by atoms with van der Waals surface area (Å²) in [4.78, 5) is 7.49. The van der Waals surface area contributed by atoms with Gasteiger partial charge in [-0.3, -0.25) is 4.40 Å². The highest BCUT2D eigenvalue weighted by Crippen LogP contribution is 2.44. The molecule has 0 aromatic carbocycles. The van der Waals surface area contributed by atoms with Gasteiger partial charge in [-0.1, -0.05) is 13.3 Å². The first-order chi connectivity index (χ1) is 14.5. The van der Waals surface area contributed by atoms with Gasteiger partial charge < -0.3 is 4.98 Å². The second kappa shape index (κ2) is 8.52. The van der Waals surface area contributed by atoms with E-state index < -0.39 is 10.0 Å². The van der Waals surface area contributed by atoms with Crippen LogP contribution in [0, 0.1) is 23.2 Å². The lowest BCUT2D eigenvalue weighted by molar-refractivity contribution is 0.450. The molecule has 0 bridgehead atoms. The van der Waals surface area contributed by atoms with Crippen molar-refractivity contribution in [1.82, 2.24) is 24.6 Å². The molecule has 0 spiro atoms. The van der Waals surface area contributed by atoms with E-state index in [1.807, 2.05) is 18.3 Å². The van der Waals surface area contributed by atoms with Crippen LogP contribution in [0.25, 0.3) is 16.8 Å². The maximum atomic E-state index is 12.2. The number of nitriles is 1. The number of nitrogens with zero attached hydrogens (tertiary/aromatic N) is 6. The van der Waals surface area contributed by atoms with E-state index in [4.69, 9.17) is 5.26 Å². The highest BCUT2D eigenvalue weighted by Gasteiger charge is 2.36. The zero-order valence-electron chi connectivity index (χ0n) is 16.9. The number of hydrogen-bond acceptors (Lipinski definition) is 6. The molecule has 10 heteroatoms. The molecule has 0 radical (unpaired) electrons. The molecule has 30 heavy (non-hydrogen) atoms. The summed E-state index contributed by atoms with van der Waals surface area (Å²) >= 11 is 0. The molecule has 3 heterocycles. The number of H-pyrrole nitrogens is 1. The van der Waals surface area contributed by atoms with Crippen molar-refractivity contribution in [1.29, 1.82) is 5.26 Å². The van der Waals surface area contributed by atoms with E-state index >= 15 is 0 Å². The Morgan fingerprint density at radius 2 is 2.23 bits per heavy atom. The molecule has 1 fully saturated rings. The average molecular weight is 428 g/mol. The Bertz CT molecular complexity index is 1200. The molecule has 0 amide bonds. The van der Waals surface area contributed by atoms with E-state index in [-0.39, 0.29) is 17.6 Å². The summed E-state index contributed by atoms with van der Waals surface area (Å²) in [5.74, 6) is 1.55. The van der Waals surface area contributed by atoms with Crippen LogP contribution >= 0.6 is 0 Å². The monoisotopic (exact) mass is 427 g/mol. The molecule has 3 atom stereocenters. The number of aromatic nitrogens is 5. The number of hydrogen-bond donors (Lipinski definition) is 1. The van der Waals surface area contributed by atoms with Gasteiger partial charge in [0.2, 0.25) is 0 Å². The van der Waals surface area contributed by atoms with Crippen molar-refractivity contribution in [2.75, 3.05) is 5.75 Å². The fourth-order valence-corrected chi connectivity index (χ4v) is 5.45. The Kier molecular flexibility index (Phi) is 5.81.